The van der Waals surface area contributed by atoms with Crippen LogP contribution in [0.3, 0.4) is 0 Å². The molecule has 1 aliphatic carbocycles. The second-order valence-electron chi connectivity index (χ2n) is 3.60. The Hall–Kier alpha value is -1.06. The molecule has 1 rings (SSSR count). The zero-order chi connectivity index (χ0) is 9.35. The summed E-state index contributed by atoms with van der Waals surface area (Å²) >= 11 is 0. The molecule has 0 radical (unpaired) electrons. The van der Waals surface area contributed by atoms with Gasteiger partial charge in [-0.15, -0.1) is 0 Å². The number of rotatable bonds is 3. The van der Waals surface area contributed by atoms with Gasteiger partial charge in [-0.25, -0.2) is 0 Å². The molecule has 68 valence electrons. The van der Waals surface area contributed by atoms with Crippen LogP contribution in [-0.4, -0.2) is 24.4 Å². The SMILES string of the molecule is CO/N=C/C1C(C(=O)O)C1(C)C. The van der Waals surface area contributed by atoms with E-state index in [0.717, 1.165) is 0 Å². The van der Waals surface area contributed by atoms with Crippen LogP contribution < -0.4 is 0 Å². The van der Waals surface area contributed by atoms with Gasteiger partial charge in [0.05, 0.1) is 5.92 Å². The van der Waals surface area contributed by atoms with E-state index in [-0.39, 0.29) is 17.3 Å². The van der Waals surface area contributed by atoms with Crippen LogP contribution in [-0.2, 0) is 9.63 Å². The predicted molar refractivity (Wildman–Crippen MR) is 43.9 cm³/mol. The van der Waals surface area contributed by atoms with Crippen LogP contribution in [0, 0.1) is 17.3 Å². The predicted octanol–water partition coefficient (Wildman–Crippen LogP) is 0.975. The maximum atomic E-state index is 10.6. The summed E-state index contributed by atoms with van der Waals surface area (Å²) in [5.74, 6) is -1.06. The third-order valence-corrected chi connectivity index (χ3v) is 2.50. The van der Waals surface area contributed by atoms with Gasteiger partial charge in [0, 0.05) is 12.1 Å². The normalized spacial score (nSPS) is 31.9. The van der Waals surface area contributed by atoms with Crippen molar-refractivity contribution in [3.63, 3.8) is 0 Å². The molecule has 12 heavy (non-hydrogen) atoms. The van der Waals surface area contributed by atoms with Crippen molar-refractivity contribution in [2.75, 3.05) is 7.11 Å². The van der Waals surface area contributed by atoms with Crippen molar-refractivity contribution in [2.24, 2.45) is 22.4 Å². The van der Waals surface area contributed by atoms with Crippen molar-refractivity contribution in [3.8, 4) is 0 Å². The van der Waals surface area contributed by atoms with E-state index in [1.54, 1.807) is 6.21 Å². The highest BCUT2D eigenvalue weighted by Gasteiger charge is 2.61. The third-order valence-electron chi connectivity index (χ3n) is 2.50. The lowest BCUT2D eigenvalue weighted by molar-refractivity contribution is -0.139. The van der Waals surface area contributed by atoms with E-state index in [2.05, 4.69) is 9.99 Å². The molecule has 4 heteroatoms. The van der Waals surface area contributed by atoms with Gasteiger partial charge < -0.3 is 9.94 Å². The first-order valence-electron chi connectivity index (χ1n) is 3.81. The summed E-state index contributed by atoms with van der Waals surface area (Å²) in [6, 6.07) is 0. The molecule has 0 heterocycles. The zero-order valence-corrected chi connectivity index (χ0v) is 7.44. The van der Waals surface area contributed by atoms with Crippen LogP contribution in [0.4, 0.5) is 0 Å². The van der Waals surface area contributed by atoms with Crippen molar-refractivity contribution >= 4 is 12.2 Å². The number of hydrogen-bond donors (Lipinski definition) is 1. The van der Waals surface area contributed by atoms with Gasteiger partial charge in [0.2, 0.25) is 0 Å². The van der Waals surface area contributed by atoms with Crippen LogP contribution in [0.1, 0.15) is 13.8 Å². The van der Waals surface area contributed by atoms with Gasteiger partial charge in [-0.1, -0.05) is 19.0 Å². The molecule has 4 nitrogen and oxygen atoms in total. The molecule has 0 aromatic heterocycles. The summed E-state index contributed by atoms with van der Waals surface area (Å²) in [6.07, 6.45) is 1.57. The van der Waals surface area contributed by atoms with Crippen LogP contribution in [0.2, 0.25) is 0 Å². The Kier molecular flexibility index (Phi) is 2.08. The molecule has 1 aliphatic rings. The van der Waals surface area contributed by atoms with Gasteiger partial charge in [-0.05, 0) is 5.41 Å². The second-order valence-corrected chi connectivity index (χ2v) is 3.60. The van der Waals surface area contributed by atoms with E-state index in [4.69, 9.17) is 5.11 Å². The minimum Gasteiger partial charge on any atom is -0.481 e. The summed E-state index contributed by atoms with van der Waals surface area (Å²) in [5.41, 5.74) is -0.173. The molecule has 0 aromatic rings. The van der Waals surface area contributed by atoms with E-state index >= 15 is 0 Å². The summed E-state index contributed by atoms with van der Waals surface area (Å²) in [5, 5.41) is 12.3. The van der Waals surface area contributed by atoms with Crippen molar-refractivity contribution < 1.29 is 14.7 Å². The molecule has 0 saturated heterocycles. The highest BCUT2D eigenvalue weighted by atomic mass is 16.6. The fraction of sp³-hybridized carbons (Fsp3) is 0.750. The standard InChI is InChI=1S/C8H13NO3/c1-8(2)5(4-9-12-3)6(8)7(10)11/h4-6H,1-3H3,(H,10,11)/b9-4+. The Bertz CT molecular complexity index is 222. The molecule has 0 bridgehead atoms. The minimum absolute atomic E-state index is 0.00921. The number of carboxylic acid groups (broad SMARTS) is 1. The van der Waals surface area contributed by atoms with Crippen LogP contribution in [0.15, 0.2) is 5.16 Å². The van der Waals surface area contributed by atoms with Crippen molar-refractivity contribution in [2.45, 2.75) is 13.8 Å². The van der Waals surface area contributed by atoms with Crippen LogP contribution in [0.5, 0.6) is 0 Å². The van der Waals surface area contributed by atoms with Gasteiger partial charge in [0.1, 0.15) is 7.11 Å². The Morgan fingerprint density at radius 2 is 2.25 bits per heavy atom. The lowest BCUT2D eigenvalue weighted by Crippen LogP contribution is -2.03. The van der Waals surface area contributed by atoms with E-state index in [1.165, 1.54) is 7.11 Å². The van der Waals surface area contributed by atoms with Crippen molar-refractivity contribution in [1.82, 2.24) is 0 Å². The lowest BCUT2D eigenvalue weighted by atomic mass is 10.1. The van der Waals surface area contributed by atoms with Gasteiger partial charge >= 0.3 is 5.97 Å². The fourth-order valence-electron chi connectivity index (χ4n) is 1.55. The minimum atomic E-state index is -0.757. The second kappa shape index (κ2) is 2.77. The Morgan fingerprint density at radius 1 is 1.67 bits per heavy atom. The number of hydrogen-bond acceptors (Lipinski definition) is 3. The number of carboxylic acids is 1. The average molecular weight is 171 g/mol. The van der Waals surface area contributed by atoms with Crippen LogP contribution >= 0.6 is 0 Å². The largest absolute Gasteiger partial charge is 0.481 e. The number of carbonyl (C=O) groups is 1. The quantitative estimate of drug-likeness (QED) is 0.508. The van der Waals surface area contributed by atoms with E-state index in [1.807, 2.05) is 13.8 Å². The molecule has 2 unspecified atom stereocenters. The lowest BCUT2D eigenvalue weighted by Gasteiger charge is -1.95. The molecule has 0 aliphatic heterocycles. The summed E-state index contributed by atoms with van der Waals surface area (Å²) < 4.78 is 0. The smallest absolute Gasteiger partial charge is 0.307 e. The first-order chi connectivity index (χ1) is 5.51. The van der Waals surface area contributed by atoms with E-state index in [9.17, 15) is 4.79 Å². The number of aliphatic carboxylic acids is 1. The Morgan fingerprint density at radius 3 is 2.58 bits per heavy atom. The van der Waals surface area contributed by atoms with Crippen molar-refractivity contribution in [3.05, 3.63) is 0 Å². The first-order valence-corrected chi connectivity index (χ1v) is 3.81. The van der Waals surface area contributed by atoms with Gasteiger partial charge in [0.15, 0.2) is 0 Å². The highest BCUT2D eigenvalue weighted by Crippen LogP contribution is 2.57. The Labute approximate surface area is 71.2 Å². The van der Waals surface area contributed by atoms with E-state index in [0.29, 0.717) is 0 Å². The maximum Gasteiger partial charge on any atom is 0.307 e. The first kappa shape index (κ1) is 9.03. The maximum absolute atomic E-state index is 10.6. The molecule has 1 saturated carbocycles. The molecule has 1 N–H and O–H groups in total. The number of nitrogens with zero attached hydrogens (tertiary/aromatic N) is 1. The van der Waals surface area contributed by atoms with Crippen LogP contribution in [0.25, 0.3) is 0 Å². The van der Waals surface area contributed by atoms with Gasteiger partial charge in [-0.2, -0.15) is 0 Å². The monoisotopic (exact) mass is 171 g/mol. The molecular formula is C8H13NO3. The highest BCUT2D eigenvalue weighted by molar-refractivity contribution is 5.84. The zero-order valence-electron chi connectivity index (χ0n) is 7.44. The fourth-order valence-corrected chi connectivity index (χ4v) is 1.55. The molecule has 0 spiro atoms. The molecule has 0 aromatic carbocycles. The molecule has 0 amide bonds. The average Bonchev–Trinajstić information content (AvgIpc) is 2.49. The Balaban J connectivity index is 2.60. The van der Waals surface area contributed by atoms with Gasteiger partial charge in [0.25, 0.3) is 0 Å². The third kappa shape index (κ3) is 1.29. The topological polar surface area (TPSA) is 58.9 Å². The van der Waals surface area contributed by atoms with Gasteiger partial charge in [-0.3, -0.25) is 4.79 Å². The summed E-state index contributed by atoms with van der Waals surface area (Å²) in [7, 11) is 1.45. The molecule has 1 fully saturated rings. The molecular weight excluding hydrogens is 158 g/mol. The summed E-state index contributed by atoms with van der Waals surface area (Å²) in [4.78, 5) is 15.1. The molecule has 2 atom stereocenters. The van der Waals surface area contributed by atoms with E-state index < -0.39 is 5.97 Å². The number of oxime groups is 1. The van der Waals surface area contributed by atoms with Crippen molar-refractivity contribution in [1.29, 1.82) is 0 Å². The summed E-state index contributed by atoms with van der Waals surface area (Å²) in [6.45, 7) is 3.83.